The van der Waals surface area contributed by atoms with Crippen LogP contribution in [0.25, 0.3) is 0 Å². The molecule has 0 fully saturated rings. The van der Waals surface area contributed by atoms with Crippen molar-refractivity contribution in [1.29, 1.82) is 0 Å². The Morgan fingerprint density at radius 2 is 0.611 bits per heavy atom. The molecule has 0 radical (unpaired) electrons. The molecule has 4 rings (SSSR count). The topological polar surface area (TPSA) is 18.5 Å². The lowest BCUT2D eigenvalue weighted by Gasteiger charge is -2.43. The van der Waals surface area contributed by atoms with Crippen LogP contribution in [0.3, 0.4) is 0 Å². The van der Waals surface area contributed by atoms with E-state index < -0.39 is 16.6 Å². The number of hydrogen-bond donors (Lipinski definition) is 0. The highest BCUT2D eigenvalue weighted by atomic mass is 28.4. The first-order valence-electron chi connectivity index (χ1n) is 21.2. The minimum absolute atomic E-state index is 0.0247. The standard InChI is InChI=1S/C50H74O2Si2/c1-41(25-23-27-43(3)39-51-53(49(5,6)7,45-29-15-11-16-30-45)46-31-17-12-18-32-46)37-38-42(2)26-24-28-44(4)40-52-54(50(8,9)10,47-33-19-13-20-34-47)48-35-21-14-22-36-48/h11-22,29-36,41-44H,23-28,37-40H2,1-10H3/t41-,42-,43+,44+/m1/s1. The summed E-state index contributed by atoms with van der Waals surface area (Å²) < 4.78 is 14.5. The highest BCUT2D eigenvalue weighted by molar-refractivity contribution is 7.00. The second kappa shape index (κ2) is 20.4. The van der Waals surface area contributed by atoms with Crippen LogP contribution in [0.2, 0.25) is 10.1 Å². The third-order valence-corrected chi connectivity index (χ3v) is 22.0. The van der Waals surface area contributed by atoms with Crippen molar-refractivity contribution in [2.75, 3.05) is 13.2 Å². The Balaban J connectivity index is 1.20. The van der Waals surface area contributed by atoms with E-state index in [-0.39, 0.29) is 10.1 Å². The zero-order chi connectivity index (χ0) is 39.2. The summed E-state index contributed by atoms with van der Waals surface area (Å²) in [5.74, 6) is 2.63. The van der Waals surface area contributed by atoms with Crippen molar-refractivity contribution in [3.63, 3.8) is 0 Å². The Morgan fingerprint density at radius 3 is 0.852 bits per heavy atom. The van der Waals surface area contributed by atoms with Crippen LogP contribution < -0.4 is 20.7 Å². The summed E-state index contributed by atoms with van der Waals surface area (Å²) in [6.45, 7) is 25.6. The van der Waals surface area contributed by atoms with Gasteiger partial charge in [-0.1, -0.05) is 229 Å². The van der Waals surface area contributed by atoms with Gasteiger partial charge in [0.2, 0.25) is 0 Å². The van der Waals surface area contributed by atoms with E-state index in [1.54, 1.807) is 0 Å². The summed E-state index contributed by atoms with van der Waals surface area (Å²) in [6.07, 6.45) is 10.3. The molecular formula is C50H74O2Si2. The van der Waals surface area contributed by atoms with Crippen molar-refractivity contribution < 1.29 is 8.85 Å². The molecule has 4 aromatic rings. The summed E-state index contributed by atoms with van der Waals surface area (Å²) in [6, 6.07) is 44.3. The quantitative estimate of drug-likeness (QED) is 0.0787. The highest BCUT2D eigenvalue weighted by Gasteiger charge is 2.51. The summed E-state index contributed by atoms with van der Waals surface area (Å²) >= 11 is 0. The summed E-state index contributed by atoms with van der Waals surface area (Å²) in [4.78, 5) is 0. The van der Waals surface area contributed by atoms with Crippen LogP contribution in [0.4, 0.5) is 0 Å². The molecule has 2 nitrogen and oxygen atoms in total. The lowest BCUT2D eigenvalue weighted by Crippen LogP contribution is -2.66. The average molecular weight is 763 g/mol. The highest BCUT2D eigenvalue weighted by Crippen LogP contribution is 2.38. The zero-order valence-electron chi connectivity index (χ0n) is 35.7. The lowest BCUT2D eigenvalue weighted by molar-refractivity contribution is 0.230. The Labute approximate surface area is 333 Å². The Morgan fingerprint density at radius 1 is 0.370 bits per heavy atom. The van der Waals surface area contributed by atoms with Gasteiger partial charge in [0.15, 0.2) is 0 Å². The van der Waals surface area contributed by atoms with Crippen LogP contribution in [0.1, 0.15) is 121 Å². The molecule has 0 spiro atoms. The number of hydrogen-bond acceptors (Lipinski definition) is 2. The van der Waals surface area contributed by atoms with Gasteiger partial charge in [-0.2, -0.15) is 0 Å². The van der Waals surface area contributed by atoms with Gasteiger partial charge in [0.1, 0.15) is 0 Å². The molecular weight excluding hydrogens is 689 g/mol. The van der Waals surface area contributed by atoms with Gasteiger partial charge in [0.25, 0.3) is 16.6 Å². The molecule has 0 aliphatic rings. The fourth-order valence-corrected chi connectivity index (χ4v) is 18.1. The third kappa shape index (κ3) is 11.4. The fraction of sp³-hybridized carbons (Fsp3) is 0.520. The third-order valence-electron chi connectivity index (χ3n) is 11.9. The second-order valence-corrected chi connectivity index (χ2v) is 27.4. The van der Waals surface area contributed by atoms with Gasteiger partial charge >= 0.3 is 0 Å². The normalized spacial score (nSPS) is 15.1. The van der Waals surface area contributed by atoms with E-state index in [2.05, 4.69) is 191 Å². The first-order valence-corrected chi connectivity index (χ1v) is 25.0. The molecule has 0 aromatic heterocycles. The molecule has 4 aromatic carbocycles. The summed E-state index contributed by atoms with van der Waals surface area (Å²) in [5.41, 5.74) is 0. The van der Waals surface area contributed by atoms with Crippen molar-refractivity contribution in [1.82, 2.24) is 0 Å². The molecule has 0 heterocycles. The van der Waals surface area contributed by atoms with E-state index in [0.717, 1.165) is 25.0 Å². The maximum absolute atomic E-state index is 7.24. The predicted octanol–water partition coefficient (Wildman–Crippen LogP) is 11.8. The average Bonchev–Trinajstić information content (AvgIpc) is 3.15. The van der Waals surface area contributed by atoms with Crippen LogP contribution >= 0.6 is 0 Å². The largest absolute Gasteiger partial charge is 0.407 e. The van der Waals surface area contributed by atoms with Crippen molar-refractivity contribution in [3.8, 4) is 0 Å². The van der Waals surface area contributed by atoms with Crippen molar-refractivity contribution in [3.05, 3.63) is 121 Å². The van der Waals surface area contributed by atoms with Crippen LogP contribution in [0.15, 0.2) is 121 Å². The molecule has 0 amide bonds. The summed E-state index contributed by atoms with van der Waals surface area (Å²) in [5, 5.41) is 5.54. The van der Waals surface area contributed by atoms with Crippen LogP contribution in [-0.2, 0) is 8.85 Å². The van der Waals surface area contributed by atoms with E-state index in [9.17, 15) is 0 Å². The van der Waals surface area contributed by atoms with Gasteiger partial charge in [-0.25, -0.2) is 0 Å². The lowest BCUT2D eigenvalue weighted by atomic mass is 9.90. The van der Waals surface area contributed by atoms with Gasteiger partial charge < -0.3 is 8.85 Å². The molecule has 4 atom stereocenters. The van der Waals surface area contributed by atoms with Crippen molar-refractivity contribution in [2.45, 2.75) is 131 Å². The molecule has 0 bridgehead atoms. The van der Waals surface area contributed by atoms with Gasteiger partial charge in [0, 0.05) is 13.2 Å². The molecule has 0 aliphatic carbocycles. The molecule has 0 unspecified atom stereocenters. The number of benzene rings is 4. The van der Waals surface area contributed by atoms with Gasteiger partial charge in [-0.05, 0) is 67.3 Å². The minimum Gasteiger partial charge on any atom is -0.407 e. The maximum atomic E-state index is 7.24. The first-order chi connectivity index (χ1) is 25.7. The summed E-state index contributed by atoms with van der Waals surface area (Å²) in [7, 11) is -4.94. The van der Waals surface area contributed by atoms with E-state index in [0.29, 0.717) is 11.8 Å². The zero-order valence-corrected chi connectivity index (χ0v) is 37.7. The van der Waals surface area contributed by atoms with Gasteiger partial charge in [-0.15, -0.1) is 0 Å². The van der Waals surface area contributed by atoms with Gasteiger partial charge in [-0.3, -0.25) is 0 Å². The maximum Gasteiger partial charge on any atom is 0.261 e. The first kappa shape index (κ1) is 44.0. The molecule has 54 heavy (non-hydrogen) atoms. The predicted molar refractivity (Wildman–Crippen MR) is 241 cm³/mol. The molecule has 0 N–H and O–H groups in total. The second-order valence-electron chi connectivity index (χ2n) is 18.8. The number of rotatable bonds is 21. The fourth-order valence-electron chi connectivity index (χ4n) is 8.71. The van der Waals surface area contributed by atoms with E-state index in [4.69, 9.17) is 8.85 Å². The Bertz CT molecular complexity index is 1390. The van der Waals surface area contributed by atoms with Gasteiger partial charge in [0.05, 0.1) is 0 Å². The van der Waals surface area contributed by atoms with Crippen molar-refractivity contribution >= 4 is 37.4 Å². The molecule has 294 valence electrons. The van der Waals surface area contributed by atoms with Crippen molar-refractivity contribution in [2.24, 2.45) is 23.7 Å². The Hall–Kier alpha value is -2.77. The van der Waals surface area contributed by atoms with E-state index >= 15 is 0 Å². The molecule has 4 heteroatoms. The minimum atomic E-state index is -2.47. The van der Waals surface area contributed by atoms with Crippen LogP contribution in [0, 0.1) is 23.7 Å². The van der Waals surface area contributed by atoms with Crippen LogP contribution in [-0.4, -0.2) is 29.8 Å². The molecule has 0 saturated carbocycles. The SMILES string of the molecule is C[C@H](CCC[C@H](C)CO[Si](c1ccccc1)(c1ccccc1)C(C)(C)C)CC[C@H](C)CCC[C@H](C)CO[Si](c1ccccc1)(c1ccccc1)C(C)(C)C. The van der Waals surface area contributed by atoms with Crippen LogP contribution in [0.5, 0.6) is 0 Å². The van der Waals surface area contributed by atoms with E-state index in [1.807, 2.05) is 0 Å². The molecule has 0 aliphatic heterocycles. The Kier molecular flexibility index (Phi) is 16.6. The molecule has 0 saturated heterocycles. The monoisotopic (exact) mass is 763 g/mol. The van der Waals surface area contributed by atoms with E-state index in [1.165, 1.54) is 72.1 Å². The smallest absolute Gasteiger partial charge is 0.261 e.